The number of hydrogen-bond donors (Lipinski definition) is 2. The molecular weight excluding hydrogens is 278 g/mol. The van der Waals surface area contributed by atoms with E-state index in [1.54, 1.807) is 0 Å². The molecule has 1 aliphatic carbocycles. The Morgan fingerprint density at radius 1 is 1.35 bits per heavy atom. The average molecular weight is 298 g/mol. The summed E-state index contributed by atoms with van der Waals surface area (Å²) in [6, 6.07) is 8.87. The van der Waals surface area contributed by atoms with E-state index in [0.717, 1.165) is 23.7 Å². The van der Waals surface area contributed by atoms with E-state index in [9.17, 15) is 5.11 Å². The van der Waals surface area contributed by atoms with Crippen molar-refractivity contribution in [1.29, 1.82) is 0 Å². The average Bonchev–Trinajstić information content (AvgIpc) is 2.32. The third-order valence-corrected chi connectivity index (χ3v) is 4.04. The van der Waals surface area contributed by atoms with Crippen molar-refractivity contribution < 1.29 is 5.11 Å². The van der Waals surface area contributed by atoms with Gasteiger partial charge in [-0.1, -0.05) is 40.9 Å². The number of halogens is 1. The van der Waals surface area contributed by atoms with Crippen molar-refractivity contribution in [3.8, 4) is 0 Å². The van der Waals surface area contributed by atoms with Crippen LogP contribution >= 0.6 is 15.9 Å². The van der Waals surface area contributed by atoms with Gasteiger partial charge in [0.25, 0.3) is 0 Å². The van der Waals surface area contributed by atoms with Gasteiger partial charge in [-0.05, 0) is 37.5 Å². The fourth-order valence-electron chi connectivity index (χ4n) is 2.50. The molecule has 2 N–H and O–H groups in total. The van der Waals surface area contributed by atoms with Gasteiger partial charge in [-0.15, -0.1) is 0 Å². The highest BCUT2D eigenvalue weighted by Gasteiger charge is 2.24. The Kier molecular flexibility index (Phi) is 4.60. The lowest BCUT2D eigenvalue weighted by Gasteiger charge is -2.31. The molecule has 1 aromatic carbocycles. The number of nitrogens with one attached hydrogen (secondary N) is 1. The van der Waals surface area contributed by atoms with E-state index in [0.29, 0.717) is 0 Å². The molecule has 94 valence electrons. The van der Waals surface area contributed by atoms with Crippen LogP contribution in [0.3, 0.4) is 0 Å². The van der Waals surface area contributed by atoms with Crippen LogP contribution in [0.4, 0.5) is 0 Å². The van der Waals surface area contributed by atoms with Gasteiger partial charge < -0.3 is 10.4 Å². The van der Waals surface area contributed by atoms with E-state index >= 15 is 0 Å². The van der Waals surface area contributed by atoms with Gasteiger partial charge in [0, 0.05) is 16.6 Å². The SMILES string of the molecule is C[C@H](N[C@H]1CCCC[C@@H]1O)c1cccc(Br)c1. The maximum absolute atomic E-state index is 9.95. The zero-order valence-corrected chi connectivity index (χ0v) is 11.8. The summed E-state index contributed by atoms with van der Waals surface area (Å²) in [5.41, 5.74) is 1.26. The fraction of sp³-hybridized carbons (Fsp3) is 0.571. The molecule has 0 saturated heterocycles. The highest BCUT2D eigenvalue weighted by molar-refractivity contribution is 9.10. The first kappa shape index (κ1) is 13.1. The van der Waals surface area contributed by atoms with Crippen LogP contribution in [-0.2, 0) is 0 Å². The molecule has 0 unspecified atom stereocenters. The minimum absolute atomic E-state index is 0.182. The smallest absolute Gasteiger partial charge is 0.0693 e. The van der Waals surface area contributed by atoms with Crippen LogP contribution < -0.4 is 5.32 Å². The minimum Gasteiger partial charge on any atom is -0.392 e. The predicted molar refractivity (Wildman–Crippen MR) is 74.0 cm³/mol. The maximum atomic E-state index is 9.95. The van der Waals surface area contributed by atoms with Crippen LogP contribution in [0.2, 0.25) is 0 Å². The van der Waals surface area contributed by atoms with Crippen molar-refractivity contribution in [2.45, 2.75) is 50.8 Å². The molecule has 0 aliphatic heterocycles. The van der Waals surface area contributed by atoms with Crippen LogP contribution in [0.5, 0.6) is 0 Å². The second kappa shape index (κ2) is 5.98. The summed E-state index contributed by atoms with van der Waals surface area (Å²) in [6.07, 6.45) is 4.21. The minimum atomic E-state index is -0.182. The molecule has 2 rings (SSSR count). The van der Waals surface area contributed by atoms with Gasteiger partial charge in [0.2, 0.25) is 0 Å². The molecule has 0 radical (unpaired) electrons. The highest BCUT2D eigenvalue weighted by Crippen LogP contribution is 2.23. The van der Waals surface area contributed by atoms with E-state index < -0.39 is 0 Å². The van der Waals surface area contributed by atoms with Gasteiger partial charge in [-0.2, -0.15) is 0 Å². The Morgan fingerprint density at radius 3 is 2.82 bits per heavy atom. The molecule has 1 aliphatic rings. The lowest BCUT2D eigenvalue weighted by molar-refractivity contribution is 0.0860. The summed E-state index contributed by atoms with van der Waals surface area (Å²) in [5, 5.41) is 13.5. The van der Waals surface area contributed by atoms with E-state index in [4.69, 9.17) is 0 Å². The lowest BCUT2D eigenvalue weighted by Crippen LogP contribution is -2.43. The van der Waals surface area contributed by atoms with Crippen molar-refractivity contribution in [1.82, 2.24) is 5.32 Å². The zero-order valence-electron chi connectivity index (χ0n) is 10.2. The van der Waals surface area contributed by atoms with Crippen LogP contribution in [0, 0.1) is 0 Å². The third kappa shape index (κ3) is 3.54. The Hall–Kier alpha value is -0.380. The monoisotopic (exact) mass is 297 g/mol. The van der Waals surface area contributed by atoms with E-state index in [1.165, 1.54) is 12.0 Å². The standard InChI is InChI=1S/C14H20BrNO/c1-10(11-5-4-6-12(15)9-11)16-13-7-2-3-8-14(13)17/h4-6,9-10,13-14,16-17H,2-3,7-8H2,1H3/t10-,13-,14-/m0/s1. The van der Waals surface area contributed by atoms with Gasteiger partial charge in [0.05, 0.1) is 6.10 Å². The largest absolute Gasteiger partial charge is 0.392 e. The lowest BCUT2D eigenvalue weighted by atomic mass is 9.91. The quantitative estimate of drug-likeness (QED) is 0.896. The van der Waals surface area contributed by atoms with Crippen molar-refractivity contribution >= 4 is 15.9 Å². The van der Waals surface area contributed by atoms with Gasteiger partial charge in [-0.25, -0.2) is 0 Å². The second-order valence-electron chi connectivity index (χ2n) is 4.90. The van der Waals surface area contributed by atoms with Gasteiger partial charge >= 0.3 is 0 Å². The number of benzene rings is 1. The summed E-state index contributed by atoms with van der Waals surface area (Å²) in [7, 11) is 0. The Labute approximate surface area is 112 Å². The first-order valence-corrected chi connectivity index (χ1v) is 7.15. The Morgan fingerprint density at radius 2 is 2.12 bits per heavy atom. The van der Waals surface area contributed by atoms with E-state index in [2.05, 4.69) is 46.4 Å². The van der Waals surface area contributed by atoms with E-state index in [-0.39, 0.29) is 18.2 Å². The summed E-state index contributed by atoms with van der Waals surface area (Å²) in [4.78, 5) is 0. The van der Waals surface area contributed by atoms with Crippen LogP contribution in [0.1, 0.15) is 44.2 Å². The second-order valence-corrected chi connectivity index (χ2v) is 5.82. The van der Waals surface area contributed by atoms with Gasteiger partial charge in [0.1, 0.15) is 0 Å². The van der Waals surface area contributed by atoms with Crippen molar-refractivity contribution in [2.75, 3.05) is 0 Å². The number of aliphatic hydroxyl groups is 1. The molecule has 0 aromatic heterocycles. The molecule has 0 amide bonds. The summed E-state index contributed by atoms with van der Waals surface area (Å²) in [6.45, 7) is 2.16. The number of aliphatic hydroxyl groups excluding tert-OH is 1. The molecule has 3 atom stereocenters. The molecule has 0 heterocycles. The summed E-state index contributed by atoms with van der Waals surface area (Å²) < 4.78 is 1.10. The molecule has 17 heavy (non-hydrogen) atoms. The van der Waals surface area contributed by atoms with Crippen molar-refractivity contribution in [3.05, 3.63) is 34.3 Å². The fourth-order valence-corrected chi connectivity index (χ4v) is 2.92. The van der Waals surface area contributed by atoms with Crippen molar-refractivity contribution in [3.63, 3.8) is 0 Å². The Bertz CT molecular complexity index is 369. The van der Waals surface area contributed by atoms with Crippen molar-refractivity contribution in [2.24, 2.45) is 0 Å². The third-order valence-electron chi connectivity index (χ3n) is 3.54. The van der Waals surface area contributed by atoms with Crippen LogP contribution in [-0.4, -0.2) is 17.3 Å². The number of hydrogen-bond acceptors (Lipinski definition) is 2. The number of rotatable bonds is 3. The van der Waals surface area contributed by atoms with E-state index in [1.807, 2.05) is 6.07 Å². The normalized spacial score (nSPS) is 26.8. The highest BCUT2D eigenvalue weighted by atomic mass is 79.9. The molecule has 3 heteroatoms. The molecule has 1 aromatic rings. The Balaban J connectivity index is 1.98. The molecule has 2 nitrogen and oxygen atoms in total. The van der Waals surface area contributed by atoms with Crippen LogP contribution in [0.25, 0.3) is 0 Å². The topological polar surface area (TPSA) is 32.3 Å². The zero-order chi connectivity index (χ0) is 12.3. The summed E-state index contributed by atoms with van der Waals surface area (Å²) >= 11 is 3.49. The molecule has 0 bridgehead atoms. The van der Waals surface area contributed by atoms with Gasteiger partial charge in [0.15, 0.2) is 0 Å². The first-order chi connectivity index (χ1) is 8.16. The predicted octanol–water partition coefficient (Wildman–Crippen LogP) is 3.40. The first-order valence-electron chi connectivity index (χ1n) is 6.36. The molecule has 1 fully saturated rings. The van der Waals surface area contributed by atoms with Gasteiger partial charge in [-0.3, -0.25) is 0 Å². The molecule has 1 saturated carbocycles. The maximum Gasteiger partial charge on any atom is 0.0693 e. The summed E-state index contributed by atoms with van der Waals surface area (Å²) in [5.74, 6) is 0. The molecule has 0 spiro atoms. The molecular formula is C14H20BrNO. The van der Waals surface area contributed by atoms with Crippen LogP contribution in [0.15, 0.2) is 28.7 Å².